The molecule has 0 aliphatic heterocycles. The van der Waals surface area contributed by atoms with Crippen molar-refractivity contribution < 1.29 is 0 Å². The Bertz CT molecular complexity index is 603. The van der Waals surface area contributed by atoms with Crippen LogP contribution >= 0.6 is 43.7 Å². The van der Waals surface area contributed by atoms with Crippen LogP contribution in [-0.4, -0.2) is 0 Å². The van der Waals surface area contributed by atoms with Gasteiger partial charge in [0.15, 0.2) is 0 Å². The van der Waals surface area contributed by atoms with Crippen molar-refractivity contribution in [3.63, 3.8) is 0 Å². The fourth-order valence-electron chi connectivity index (χ4n) is 2.15. The van der Waals surface area contributed by atoms with Crippen molar-refractivity contribution in [1.29, 1.82) is 0 Å². The highest BCUT2D eigenvalue weighted by molar-refractivity contribution is 7.81. The molecule has 2 atom stereocenters. The van der Waals surface area contributed by atoms with Gasteiger partial charge in [0.2, 0.25) is 0 Å². The van der Waals surface area contributed by atoms with Crippen LogP contribution in [0.15, 0.2) is 34.1 Å². The van der Waals surface area contributed by atoms with Crippen LogP contribution in [0.25, 0.3) is 11.1 Å². The number of hydrogen-bond donors (Lipinski definition) is 4. The molecule has 0 saturated carbocycles. The molecule has 6 heteroatoms. The molecule has 4 N–H and O–H groups in total. The minimum absolute atomic E-state index is 0.460. The first-order chi connectivity index (χ1) is 9.51. The maximum Gasteiger partial charge on any atom is 0.0189 e. The van der Waals surface area contributed by atoms with Crippen LogP contribution in [-0.2, 0) is 13.1 Å². The molecule has 0 aliphatic carbocycles. The van der Waals surface area contributed by atoms with Gasteiger partial charge in [0.25, 0.3) is 0 Å². The van der Waals surface area contributed by atoms with E-state index in [0.717, 1.165) is 42.7 Å². The molecule has 2 aromatic rings. The smallest absolute Gasteiger partial charge is 0.0189 e. The van der Waals surface area contributed by atoms with Gasteiger partial charge in [-0.3, -0.25) is 0 Å². The fourth-order valence-corrected chi connectivity index (χ4v) is 3.98. The molecule has 0 fully saturated rings. The minimum atomic E-state index is 0.460. The minimum Gasteiger partial charge on any atom is -0.326 e. The highest BCUT2D eigenvalue weighted by atomic mass is 32.1. The monoisotopic (exact) mass is 340 g/mol. The third-order valence-electron chi connectivity index (χ3n) is 3.28. The van der Waals surface area contributed by atoms with E-state index in [9.17, 15) is 0 Å². The summed E-state index contributed by atoms with van der Waals surface area (Å²) in [6, 6.07) is 8.08. The third-order valence-corrected chi connectivity index (χ3v) is 5.26. The zero-order chi connectivity index (χ0) is 14.9. The van der Waals surface area contributed by atoms with Crippen LogP contribution in [0.4, 0.5) is 0 Å². The molecule has 0 amide bonds. The van der Waals surface area contributed by atoms with Crippen LogP contribution in [0.2, 0.25) is 0 Å². The molecule has 2 rings (SSSR count). The van der Waals surface area contributed by atoms with E-state index in [1.54, 1.807) is 0 Å². The zero-order valence-corrected chi connectivity index (χ0v) is 15.0. The van der Waals surface area contributed by atoms with Gasteiger partial charge in [0.1, 0.15) is 0 Å². The number of hydrogen-bond acceptors (Lipinski definition) is 4. The largest absolute Gasteiger partial charge is 0.326 e. The molecule has 0 aliphatic rings. The van der Waals surface area contributed by atoms with E-state index >= 15 is 0 Å². The Morgan fingerprint density at radius 3 is 1.40 bits per heavy atom. The van der Waals surface area contributed by atoms with Crippen molar-refractivity contribution in [3.05, 3.63) is 35.4 Å². The molecular weight excluding hydrogens is 322 g/mol. The van der Waals surface area contributed by atoms with Gasteiger partial charge < -0.3 is 11.5 Å². The second kappa shape index (κ2) is 6.79. The Hall–Kier alpha value is -0.0800. The average molecular weight is 340 g/mol. The average Bonchev–Trinajstić information content (AvgIpc) is 2.42. The standard InChI is InChI=1S/C14H18N2P2S2/c15-5-7-1-3-9(17)11(13(7)19)12-10(18)4-2-8(6-16)14(12)20/h1-4,19-20H,5-6,15-18H2. The summed E-state index contributed by atoms with van der Waals surface area (Å²) >= 11 is 9.33. The van der Waals surface area contributed by atoms with Gasteiger partial charge in [0.05, 0.1) is 0 Å². The summed E-state index contributed by atoms with van der Waals surface area (Å²) in [5.74, 6) is 0. The van der Waals surface area contributed by atoms with Gasteiger partial charge in [0, 0.05) is 34.0 Å². The first kappa shape index (κ1) is 16.3. The van der Waals surface area contributed by atoms with Gasteiger partial charge in [-0.15, -0.1) is 43.7 Å². The Labute approximate surface area is 135 Å². The quantitative estimate of drug-likeness (QED) is 0.509. The lowest BCUT2D eigenvalue weighted by Gasteiger charge is -2.18. The predicted octanol–water partition coefficient (Wildman–Crippen LogP) is 1.85. The molecule has 2 unspecified atom stereocenters. The van der Waals surface area contributed by atoms with Gasteiger partial charge in [-0.05, 0) is 21.7 Å². The molecule has 0 saturated heterocycles. The van der Waals surface area contributed by atoms with Gasteiger partial charge in [-0.1, -0.05) is 24.3 Å². The summed E-state index contributed by atoms with van der Waals surface area (Å²) in [6.07, 6.45) is 0. The lowest BCUT2D eigenvalue weighted by atomic mass is 10.00. The lowest BCUT2D eigenvalue weighted by molar-refractivity contribution is 1.02. The Kier molecular flexibility index (Phi) is 5.53. The van der Waals surface area contributed by atoms with Crippen molar-refractivity contribution in [2.45, 2.75) is 22.9 Å². The lowest BCUT2D eigenvalue weighted by Crippen LogP contribution is -2.11. The van der Waals surface area contributed by atoms with Crippen molar-refractivity contribution >= 4 is 54.3 Å². The molecule has 2 aromatic carbocycles. The molecule has 0 heterocycles. The molecular formula is C14H18N2P2S2. The van der Waals surface area contributed by atoms with Crippen molar-refractivity contribution in [2.75, 3.05) is 0 Å². The maximum atomic E-state index is 5.78. The van der Waals surface area contributed by atoms with Gasteiger partial charge >= 0.3 is 0 Å². The molecule has 2 nitrogen and oxygen atoms in total. The number of benzene rings is 2. The first-order valence-corrected chi connectivity index (χ1v) is 8.17. The molecule has 106 valence electrons. The fraction of sp³-hybridized carbons (Fsp3) is 0.143. The maximum absolute atomic E-state index is 5.78. The van der Waals surface area contributed by atoms with Gasteiger partial charge in [-0.25, -0.2) is 0 Å². The Morgan fingerprint density at radius 2 is 1.10 bits per heavy atom. The number of nitrogens with two attached hydrogens (primary N) is 2. The predicted molar refractivity (Wildman–Crippen MR) is 101 cm³/mol. The Morgan fingerprint density at radius 1 is 0.750 bits per heavy atom. The van der Waals surface area contributed by atoms with E-state index < -0.39 is 0 Å². The van der Waals surface area contributed by atoms with E-state index in [2.05, 4.69) is 43.7 Å². The van der Waals surface area contributed by atoms with Crippen molar-refractivity contribution in [1.82, 2.24) is 0 Å². The topological polar surface area (TPSA) is 52.0 Å². The summed E-state index contributed by atoms with van der Waals surface area (Å²) in [5, 5.41) is 2.14. The third kappa shape index (κ3) is 2.92. The molecule has 0 spiro atoms. The molecule has 0 bridgehead atoms. The normalized spacial score (nSPS) is 10.9. The summed E-state index contributed by atoms with van der Waals surface area (Å²) < 4.78 is 0. The SMILES string of the molecule is NCc1ccc(P)c(-c2c(P)ccc(CN)c2S)c1S. The second-order valence-corrected chi connectivity index (χ2v) is 6.62. The second-order valence-electron chi connectivity index (χ2n) is 4.48. The van der Waals surface area contributed by atoms with Crippen LogP contribution < -0.4 is 22.1 Å². The number of thiol groups is 2. The van der Waals surface area contributed by atoms with E-state index in [4.69, 9.17) is 11.5 Å². The first-order valence-electron chi connectivity index (χ1n) is 6.12. The molecule has 0 aromatic heterocycles. The van der Waals surface area contributed by atoms with E-state index in [0.29, 0.717) is 13.1 Å². The van der Waals surface area contributed by atoms with Gasteiger partial charge in [-0.2, -0.15) is 0 Å². The van der Waals surface area contributed by atoms with Crippen molar-refractivity contribution in [3.8, 4) is 11.1 Å². The van der Waals surface area contributed by atoms with E-state index in [1.165, 1.54) is 0 Å². The highest BCUT2D eigenvalue weighted by Crippen LogP contribution is 2.34. The summed E-state index contributed by atoms with van der Waals surface area (Å²) in [5.41, 5.74) is 15.7. The number of rotatable bonds is 3. The van der Waals surface area contributed by atoms with E-state index in [-0.39, 0.29) is 0 Å². The summed E-state index contributed by atoms with van der Waals surface area (Å²) in [6.45, 7) is 0.920. The zero-order valence-electron chi connectivity index (χ0n) is 10.9. The van der Waals surface area contributed by atoms with E-state index in [1.807, 2.05) is 24.3 Å². The highest BCUT2D eigenvalue weighted by Gasteiger charge is 2.16. The van der Waals surface area contributed by atoms with Crippen LogP contribution in [0.1, 0.15) is 11.1 Å². The van der Waals surface area contributed by atoms with Crippen LogP contribution in [0, 0.1) is 0 Å². The summed E-state index contributed by atoms with van der Waals surface area (Å²) in [7, 11) is 5.50. The van der Waals surface area contributed by atoms with Crippen LogP contribution in [0.5, 0.6) is 0 Å². The molecule has 0 radical (unpaired) electrons. The molecule has 20 heavy (non-hydrogen) atoms. The van der Waals surface area contributed by atoms with Crippen molar-refractivity contribution in [2.24, 2.45) is 11.5 Å². The Balaban J connectivity index is 2.81. The summed E-state index contributed by atoms with van der Waals surface area (Å²) in [4.78, 5) is 1.79. The van der Waals surface area contributed by atoms with Crippen LogP contribution in [0.3, 0.4) is 0 Å².